The van der Waals surface area contributed by atoms with Gasteiger partial charge < -0.3 is 10.1 Å². The van der Waals surface area contributed by atoms with Crippen molar-refractivity contribution in [2.75, 3.05) is 7.11 Å². The van der Waals surface area contributed by atoms with E-state index < -0.39 is 0 Å². The number of aromatic nitrogens is 1. The van der Waals surface area contributed by atoms with Crippen LogP contribution in [0.1, 0.15) is 22.3 Å². The number of aryl methyl sites for hydroxylation is 1. The van der Waals surface area contributed by atoms with Crippen molar-refractivity contribution in [2.24, 2.45) is 0 Å². The van der Waals surface area contributed by atoms with Crippen LogP contribution in [-0.2, 0) is 24.4 Å². The molecule has 0 aliphatic rings. The standard InChI is InChI=1S/C16H20N2O/c1-13-7-14(9-17-8-13)10-18-11-15-5-3-4-6-16(15)12-19-2/h3-9,18H,10-12H2,1-2H3. The third-order valence-electron chi connectivity index (χ3n) is 2.99. The third-order valence-corrected chi connectivity index (χ3v) is 2.99. The van der Waals surface area contributed by atoms with Crippen LogP contribution >= 0.6 is 0 Å². The van der Waals surface area contributed by atoms with Crippen molar-refractivity contribution in [1.82, 2.24) is 10.3 Å². The molecule has 100 valence electrons. The lowest BCUT2D eigenvalue weighted by Gasteiger charge is -2.10. The Balaban J connectivity index is 1.92. The first kappa shape index (κ1) is 13.7. The topological polar surface area (TPSA) is 34.1 Å². The molecule has 0 atom stereocenters. The zero-order valence-electron chi connectivity index (χ0n) is 11.5. The summed E-state index contributed by atoms with van der Waals surface area (Å²) in [4.78, 5) is 4.20. The fourth-order valence-corrected chi connectivity index (χ4v) is 2.08. The van der Waals surface area contributed by atoms with E-state index in [0.717, 1.165) is 13.1 Å². The number of hydrogen-bond donors (Lipinski definition) is 1. The largest absolute Gasteiger partial charge is 0.380 e. The van der Waals surface area contributed by atoms with Crippen molar-refractivity contribution in [1.29, 1.82) is 0 Å². The lowest BCUT2D eigenvalue weighted by molar-refractivity contribution is 0.184. The second-order valence-corrected chi connectivity index (χ2v) is 4.68. The molecule has 0 unspecified atom stereocenters. The van der Waals surface area contributed by atoms with E-state index in [2.05, 4.69) is 41.5 Å². The monoisotopic (exact) mass is 256 g/mol. The number of pyridine rings is 1. The Bertz CT molecular complexity index is 526. The summed E-state index contributed by atoms with van der Waals surface area (Å²) >= 11 is 0. The Morgan fingerprint density at radius 1 is 1.11 bits per heavy atom. The van der Waals surface area contributed by atoms with Crippen molar-refractivity contribution in [3.8, 4) is 0 Å². The molecule has 1 aromatic heterocycles. The van der Waals surface area contributed by atoms with Gasteiger partial charge in [0.2, 0.25) is 0 Å². The summed E-state index contributed by atoms with van der Waals surface area (Å²) in [7, 11) is 1.72. The second-order valence-electron chi connectivity index (χ2n) is 4.68. The fourth-order valence-electron chi connectivity index (χ4n) is 2.08. The number of rotatable bonds is 6. The molecule has 1 heterocycles. The van der Waals surface area contributed by atoms with Gasteiger partial charge in [-0.25, -0.2) is 0 Å². The smallest absolute Gasteiger partial charge is 0.0716 e. The minimum absolute atomic E-state index is 0.657. The number of ether oxygens (including phenoxy) is 1. The lowest BCUT2D eigenvalue weighted by atomic mass is 10.1. The SMILES string of the molecule is COCc1ccccc1CNCc1cncc(C)c1. The molecule has 0 bridgehead atoms. The minimum atomic E-state index is 0.657. The first-order valence-corrected chi connectivity index (χ1v) is 6.46. The molecule has 1 N–H and O–H groups in total. The predicted molar refractivity (Wildman–Crippen MR) is 76.7 cm³/mol. The van der Waals surface area contributed by atoms with Crippen molar-refractivity contribution in [3.63, 3.8) is 0 Å². The van der Waals surface area contributed by atoms with Gasteiger partial charge in [0, 0.05) is 32.6 Å². The van der Waals surface area contributed by atoms with Gasteiger partial charge >= 0.3 is 0 Å². The molecule has 19 heavy (non-hydrogen) atoms. The van der Waals surface area contributed by atoms with Gasteiger partial charge in [0.25, 0.3) is 0 Å². The van der Waals surface area contributed by atoms with Crippen LogP contribution < -0.4 is 5.32 Å². The molecular weight excluding hydrogens is 236 g/mol. The quantitative estimate of drug-likeness (QED) is 0.863. The van der Waals surface area contributed by atoms with Crippen LogP contribution in [0.15, 0.2) is 42.7 Å². The molecule has 3 nitrogen and oxygen atoms in total. The highest BCUT2D eigenvalue weighted by atomic mass is 16.5. The van der Waals surface area contributed by atoms with Gasteiger partial charge in [-0.3, -0.25) is 4.98 Å². The molecule has 0 radical (unpaired) electrons. The van der Waals surface area contributed by atoms with Crippen LogP contribution in [0.3, 0.4) is 0 Å². The van der Waals surface area contributed by atoms with Gasteiger partial charge in [-0.1, -0.05) is 30.3 Å². The van der Waals surface area contributed by atoms with Crippen LogP contribution in [0.5, 0.6) is 0 Å². The molecule has 0 saturated carbocycles. The van der Waals surface area contributed by atoms with Gasteiger partial charge in [0.05, 0.1) is 6.61 Å². The number of nitrogens with one attached hydrogen (secondary N) is 1. The summed E-state index contributed by atoms with van der Waals surface area (Å²) < 4.78 is 5.21. The first-order chi connectivity index (χ1) is 9.29. The molecular formula is C16H20N2O. The molecule has 2 aromatic rings. The van der Waals surface area contributed by atoms with Gasteiger partial charge in [-0.2, -0.15) is 0 Å². The van der Waals surface area contributed by atoms with E-state index in [-0.39, 0.29) is 0 Å². The molecule has 3 heteroatoms. The van der Waals surface area contributed by atoms with Gasteiger partial charge in [-0.15, -0.1) is 0 Å². The van der Waals surface area contributed by atoms with Crippen LogP contribution in [0, 0.1) is 6.92 Å². The van der Waals surface area contributed by atoms with E-state index in [1.165, 1.54) is 22.3 Å². The number of benzene rings is 1. The van der Waals surface area contributed by atoms with Crippen LogP contribution in [0.4, 0.5) is 0 Å². The molecule has 0 fully saturated rings. The van der Waals surface area contributed by atoms with Gasteiger partial charge in [0.1, 0.15) is 0 Å². The van der Waals surface area contributed by atoms with Crippen LogP contribution in [-0.4, -0.2) is 12.1 Å². The Morgan fingerprint density at radius 2 is 1.89 bits per heavy atom. The lowest BCUT2D eigenvalue weighted by Crippen LogP contribution is -2.14. The van der Waals surface area contributed by atoms with E-state index in [1.54, 1.807) is 7.11 Å². The molecule has 0 aliphatic carbocycles. The zero-order chi connectivity index (χ0) is 13.5. The summed E-state index contributed by atoms with van der Waals surface area (Å²) in [6.45, 7) is 4.39. The van der Waals surface area contributed by atoms with E-state index in [4.69, 9.17) is 4.74 Å². The highest BCUT2D eigenvalue weighted by molar-refractivity contribution is 5.26. The second kappa shape index (κ2) is 7.02. The van der Waals surface area contributed by atoms with E-state index >= 15 is 0 Å². The normalized spacial score (nSPS) is 10.6. The fraction of sp³-hybridized carbons (Fsp3) is 0.312. The van der Waals surface area contributed by atoms with Crippen molar-refractivity contribution in [3.05, 3.63) is 65.0 Å². The van der Waals surface area contributed by atoms with Crippen molar-refractivity contribution < 1.29 is 4.74 Å². The van der Waals surface area contributed by atoms with E-state index in [9.17, 15) is 0 Å². The van der Waals surface area contributed by atoms with Crippen LogP contribution in [0.2, 0.25) is 0 Å². The van der Waals surface area contributed by atoms with E-state index in [1.807, 2.05) is 18.5 Å². The Labute approximate surface area is 114 Å². The molecule has 0 amide bonds. The van der Waals surface area contributed by atoms with Gasteiger partial charge in [0.15, 0.2) is 0 Å². The summed E-state index contributed by atoms with van der Waals surface area (Å²) in [5.74, 6) is 0. The number of nitrogens with zero attached hydrogens (tertiary/aromatic N) is 1. The highest BCUT2D eigenvalue weighted by Gasteiger charge is 2.01. The van der Waals surface area contributed by atoms with E-state index in [0.29, 0.717) is 6.61 Å². The summed E-state index contributed by atoms with van der Waals surface area (Å²) in [6.07, 6.45) is 3.78. The first-order valence-electron chi connectivity index (χ1n) is 6.46. The Morgan fingerprint density at radius 3 is 2.63 bits per heavy atom. The zero-order valence-corrected chi connectivity index (χ0v) is 11.5. The Hall–Kier alpha value is -1.71. The number of hydrogen-bond acceptors (Lipinski definition) is 3. The molecule has 0 spiro atoms. The average Bonchev–Trinajstić information content (AvgIpc) is 2.41. The van der Waals surface area contributed by atoms with Crippen LogP contribution in [0.25, 0.3) is 0 Å². The maximum Gasteiger partial charge on any atom is 0.0716 e. The van der Waals surface area contributed by atoms with Crippen molar-refractivity contribution in [2.45, 2.75) is 26.6 Å². The maximum absolute atomic E-state index is 5.21. The summed E-state index contributed by atoms with van der Waals surface area (Å²) in [5.41, 5.74) is 4.92. The maximum atomic E-state index is 5.21. The van der Waals surface area contributed by atoms with Crippen molar-refractivity contribution >= 4 is 0 Å². The minimum Gasteiger partial charge on any atom is -0.380 e. The highest BCUT2D eigenvalue weighted by Crippen LogP contribution is 2.10. The summed E-state index contributed by atoms with van der Waals surface area (Å²) in [6, 6.07) is 10.5. The van der Waals surface area contributed by atoms with Gasteiger partial charge in [-0.05, 0) is 29.2 Å². The average molecular weight is 256 g/mol. The summed E-state index contributed by atoms with van der Waals surface area (Å²) in [5, 5.41) is 3.45. The number of methoxy groups -OCH3 is 1. The third kappa shape index (κ3) is 4.16. The molecule has 0 saturated heterocycles. The Kier molecular flexibility index (Phi) is 5.07. The molecule has 1 aromatic carbocycles. The predicted octanol–water partition coefficient (Wildman–Crippen LogP) is 2.83. The molecule has 2 rings (SSSR count). The molecule has 0 aliphatic heterocycles.